The first-order chi connectivity index (χ1) is 11.5. The van der Waals surface area contributed by atoms with Gasteiger partial charge in [-0.2, -0.15) is 8.78 Å². The molecule has 1 saturated heterocycles. The largest absolute Gasteiger partial charge is 0.480 e. The molecule has 2 N–H and O–H groups in total. The molecule has 1 aliphatic rings. The first kappa shape index (κ1) is 18.1. The highest BCUT2D eigenvalue weighted by molar-refractivity contribution is 5.80. The number of benzene rings is 1. The molecular weight excluding hydrogens is 322 g/mol. The molecule has 1 aromatic carbocycles. The lowest BCUT2D eigenvalue weighted by Crippen LogP contribution is -2.43. The zero-order valence-corrected chi connectivity index (χ0v) is 13.1. The molecule has 0 aromatic heterocycles. The standard InChI is InChI=1S/C16H20F2N2O4/c17-16(18)24-12-5-3-11(4-6-12)7-8-19-14(21)10-20-9-1-2-13(20)15(22)23/h3-6,13,16H,1-2,7-10H2,(H,19,21)(H,22,23). The van der Waals surface area contributed by atoms with Crippen molar-refractivity contribution in [2.75, 3.05) is 19.6 Å². The number of carboxylic acid groups (broad SMARTS) is 1. The van der Waals surface area contributed by atoms with E-state index >= 15 is 0 Å². The Morgan fingerprint density at radius 1 is 1.33 bits per heavy atom. The van der Waals surface area contributed by atoms with Crippen molar-refractivity contribution >= 4 is 11.9 Å². The zero-order valence-electron chi connectivity index (χ0n) is 13.1. The number of nitrogens with one attached hydrogen (secondary N) is 1. The average molecular weight is 342 g/mol. The number of rotatable bonds is 8. The number of aliphatic carboxylic acids is 1. The number of hydrogen-bond acceptors (Lipinski definition) is 4. The van der Waals surface area contributed by atoms with Gasteiger partial charge in [0.15, 0.2) is 0 Å². The van der Waals surface area contributed by atoms with E-state index in [4.69, 9.17) is 5.11 Å². The molecular formula is C16H20F2N2O4. The zero-order chi connectivity index (χ0) is 17.5. The second kappa shape index (κ2) is 8.58. The van der Waals surface area contributed by atoms with Crippen LogP contribution >= 0.6 is 0 Å². The van der Waals surface area contributed by atoms with Gasteiger partial charge in [0.2, 0.25) is 5.91 Å². The van der Waals surface area contributed by atoms with Crippen molar-refractivity contribution in [3.63, 3.8) is 0 Å². The first-order valence-electron chi connectivity index (χ1n) is 7.73. The SMILES string of the molecule is O=C(CN1CCCC1C(=O)O)NCCc1ccc(OC(F)F)cc1. The topological polar surface area (TPSA) is 78.9 Å². The fourth-order valence-electron chi connectivity index (χ4n) is 2.72. The maximum atomic E-state index is 12.0. The summed E-state index contributed by atoms with van der Waals surface area (Å²) in [7, 11) is 0. The molecule has 1 heterocycles. The number of carboxylic acids is 1. The minimum Gasteiger partial charge on any atom is -0.480 e. The molecule has 0 spiro atoms. The maximum Gasteiger partial charge on any atom is 0.387 e. The van der Waals surface area contributed by atoms with E-state index < -0.39 is 18.6 Å². The highest BCUT2D eigenvalue weighted by Crippen LogP contribution is 2.17. The number of nitrogens with zero attached hydrogens (tertiary/aromatic N) is 1. The Balaban J connectivity index is 1.71. The van der Waals surface area contributed by atoms with Crippen molar-refractivity contribution in [3.05, 3.63) is 29.8 Å². The normalized spacial score (nSPS) is 17.9. The van der Waals surface area contributed by atoms with Crippen molar-refractivity contribution in [3.8, 4) is 5.75 Å². The van der Waals surface area contributed by atoms with E-state index in [2.05, 4.69) is 10.1 Å². The number of ether oxygens (including phenoxy) is 1. The van der Waals surface area contributed by atoms with Crippen LogP contribution in [-0.4, -0.2) is 54.2 Å². The molecule has 8 heteroatoms. The van der Waals surface area contributed by atoms with Crippen molar-refractivity contribution < 1.29 is 28.2 Å². The van der Waals surface area contributed by atoms with Gasteiger partial charge in [0.05, 0.1) is 6.54 Å². The van der Waals surface area contributed by atoms with E-state index in [1.165, 1.54) is 12.1 Å². The molecule has 0 radical (unpaired) electrons. The Kier molecular flexibility index (Phi) is 6.48. The number of alkyl halides is 2. The van der Waals surface area contributed by atoms with Crippen LogP contribution in [0.15, 0.2) is 24.3 Å². The Hall–Kier alpha value is -2.22. The van der Waals surface area contributed by atoms with Gasteiger partial charge < -0.3 is 15.2 Å². The minimum atomic E-state index is -2.85. The number of halogens is 2. The number of likely N-dealkylation sites (tertiary alicyclic amines) is 1. The Labute approximate surface area is 138 Å². The lowest BCUT2D eigenvalue weighted by molar-refractivity contribution is -0.142. The van der Waals surface area contributed by atoms with Crippen LogP contribution in [-0.2, 0) is 16.0 Å². The Morgan fingerprint density at radius 3 is 2.67 bits per heavy atom. The highest BCUT2D eigenvalue weighted by Gasteiger charge is 2.31. The molecule has 1 atom stereocenters. The molecule has 6 nitrogen and oxygen atoms in total. The molecule has 1 aliphatic heterocycles. The quantitative estimate of drug-likeness (QED) is 0.748. The summed E-state index contributed by atoms with van der Waals surface area (Å²) >= 11 is 0. The van der Waals surface area contributed by atoms with Crippen molar-refractivity contribution in [2.45, 2.75) is 31.9 Å². The fraction of sp³-hybridized carbons (Fsp3) is 0.500. The monoisotopic (exact) mass is 342 g/mol. The van der Waals surface area contributed by atoms with E-state index in [9.17, 15) is 18.4 Å². The summed E-state index contributed by atoms with van der Waals surface area (Å²) in [5.41, 5.74) is 0.876. The van der Waals surface area contributed by atoms with E-state index in [-0.39, 0.29) is 18.2 Å². The van der Waals surface area contributed by atoms with E-state index in [1.54, 1.807) is 17.0 Å². The Bertz CT molecular complexity index is 566. The lowest BCUT2D eigenvalue weighted by atomic mass is 10.1. The summed E-state index contributed by atoms with van der Waals surface area (Å²) in [6.07, 6.45) is 1.88. The van der Waals surface area contributed by atoms with Gasteiger partial charge in [0.1, 0.15) is 11.8 Å². The predicted molar refractivity (Wildman–Crippen MR) is 82.0 cm³/mol. The van der Waals surface area contributed by atoms with Gasteiger partial charge in [-0.25, -0.2) is 0 Å². The molecule has 1 amide bonds. The van der Waals surface area contributed by atoms with Crippen molar-refractivity contribution in [1.82, 2.24) is 10.2 Å². The van der Waals surface area contributed by atoms with Gasteiger partial charge in [-0.3, -0.25) is 14.5 Å². The molecule has 2 rings (SSSR count). The third-order valence-electron chi connectivity index (χ3n) is 3.88. The molecule has 0 saturated carbocycles. The van der Waals surface area contributed by atoms with Crippen LogP contribution in [0.1, 0.15) is 18.4 Å². The summed E-state index contributed by atoms with van der Waals surface area (Å²) in [5.74, 6) is -1.03. The minimum absolute atomic E-state index is 0.0676. The van der Waals surface area contributed by atoms with E-state index in [0.29, 0.717) is 25.9 Å². The summed E-state index contributed by atoms with van der Waals surface area (Å²) in [6, 6.07) is 5.63. The first-order valence-corrected chi connectivity index (χ1v) is 7.73. The smallest absolute Gasteiger partial charge is 0.387 e. The third kappa shape index (κ3) is 5.45. The van der Waals surface area contributed by atoms with Crippen LogP contribution < -0.4 is 10.1 Å². The number of carbonyl (C=O) groups excluding carboxylic acids is 1. The van der Waals surface area contributed by atoms with Crippen LogP contribution in [0.2, 0.25) is 0 Å². The molecule has 0 aliphatic carbocycles. The van der Waals surface area contributed by atoms with Gasteiger partial charge >= 0.3 is 12.6 Å². The lowest BCUT2D eigenvalue weighted by Gasteiger charge is -2.20. The fourth-order valence-corrected chi connectivity index (χ4v) is 2.72. The van der Waals surface area contributed by atoms with E-state index in [0.717, 1.165) is 12.0 Å². The van der Waals surface area contributed by atoms with Gasteiger partial charge in [0, 0.05) is 6.54 Å². The summed E-state index contributed by atoms with van der Waals surface area (Å²) in [5, 5.41) is 11.8. The van der Waals surface area contributed by atoms with Crippen molar-refractivity contribution in [2.24, 2.45) is 0 Å². The molecule has 1 aromatic rings. The van der Waals surface area contributed by atoms with Gasteiger partial charge in [-0.05, 0) is 43.5 Å². The van der Waals surface area contributed by atoms with Gasteiger partial charge in [-0.15, -0.1) is 0 Å². The van der Waals surface area contributed by atoms with Gasteiger partial charge in [-0.1, -0.05) is 12.1 Å². The molecule has 1 unspecified atom stereocenters. The second-order valence-electron chi connectivity index (χ2n) is 5.59. The molecule has 0 bridgehead atoms. The maximum absolute atomic E-state index is 12.0. The van der Waals surface area contributed by atoms with Crippen molar-refractivity contribution in [1.29, 1.82) is 0 Å². The summed E-state index contributed by atoms with van der Waals surface area (Å²) in [4.78, 5) is 24.6. The molecule has 132 valence electrons. The Morgan fingerprint density at radius 2 is 2.04 bits per heavy atom. The predicted octanol–water partition coefficient (Wildman–Crippen LogP) is 1.50. The third-order valence-corrected chi connectivity index (χ3v) is 3.88. The average Bonchev–Trinajstić information content (AvgIpc) is 2.97. The van der Waals surface area contributed by atoms with E-state index in [1.807, 2.05) is 0 Å². The molecule has 1 fully saturated rings. The van der Waals surface area contributed by atoms with Crippen LogP contribution in [0.3, 0.4) is 0 Å². The van der Waals surface area contributed by atoms with Gasteiger partial charge in [0.25, 0.3) is 0 Å². The number of hydrogen-bond donors (Lipinski definition) is 2. The molecule has 24 heavy (non-hydrogen) atoms. The highest BCUT2D eigenvalue weighted by atomic mass is 19.3. The number of carbonyl (C=O) groups is 2. The van der Waals surface area contributed by atoms with Crippen LogP contribution in [0, 0.1) is 0 Å². The second-order valence-corrected chi connectivity index (χ2v) is 5.59. The van der Waals surface area contributed by atoms with Crippen LogP contribution in [0.4, 0.5) is 8.78 Å². The summed E-state index contributed by atoms with van der Waals surface area (Å²) < 4.78 is 28.4. The van der Waals surface area contributed by atoms with Crippen LogP contribution in [0.5, 0.6) is 5.75 Å². The number of amides is 1. The van der Waals surface area contributed by atoms with Crippen LogP contribution in [0.25, 0.3) is 0 Å². The summed E-state index contributed by atoms with van der Waals surface area (Å²) in [6.45, 7) is -1.79.